The Balaban J connectivity index is 1.15. The van der Waals surface area contributed by atoms with E-state index < -0.39 is 0 Å². The maximum absolute atomic E-state index is 13.6. The summed E-state index contributed by atoms with van der Waals surface area (Å²) in [4.78, 5) is 32.8. The fourth-order valence-corrected chi connectivity index (χ4v) is 5.44. The molecule has 0 aromatic heterocycles. The minimum Gasteiger partial charge on any atom is -0.497 e. The third-order valence-electron chi connectivity index (χ3n) is 7.70. The average molecular weight is 560 g/mol. The van der Waals surface area contributed by atoms with Crippen LogP contribution < -0.4 is 19.3 Å². The second-order valence-electron chi connectivity index (χ2n) is 10.6. The molecule has 1 fully saturated rings. The van der Waals surface area contributed by atoms with Crippen molar-refractivity contribution in [3.8, 4) is 11.5 Å². The lowest BCUT2D eigenvalue weighted by Crippen LogP contribution is -2.48. The summed E-state index contributed by atoms with van der Waals surface area (Å²) in [5, 5.41) is 0. The summed E-state index contributed by atoms with van der Waals surface area (Å²) in [5.74, 6) is 1.50. The van der Waals surface area contributed by atoms with Gasteiger partial charge in [-0.1, -0.05) is 60.2 Å². The highest BCUT2D eigenvalue weighted by molar-refractivity contribution is 6.09. The Labute approximate surface area is 246 Å². The van der Waals surface area contributed by atoms with Crippen molar-refractivity contribution in [1.29, 1.82) is 0 Å². The van der Waals surface area contributed by atoms with E-state index in [1.54, 1.807) is 18.1 Å². The number of aryl methyl sites for hydroxylation is 1. The van der Waals surface area contributed by atoms with Crippen molar-refractivity contribution in [3.05, 3.63) is 125 Å². The molecule has 7 nitrogen and oxygen atoms in total. The van der Waals surface area contributed by atoms with E-state index in [1.807, 2.05) is 96.8 Å². The lowest BCUT2D eigenvalue weighted by molar-refractivity contribution is -0.117. The van der Waals surface area contributed by atoms with Gasteiger partial charge in [-0.15, -0.1) is 0 Å². The Kier molecular flexibility index (Phi) is 7.64. The third-order valence-corrected chi connectivity index (χ3v) is 7.70. The Morgan fingerprint density at radius 1 is 0.881 bits per heavy atom. The summed E-state index contributed by atoms with van der Waals surface area (Å²) in [6.07, 6.45) is 1.74. The molecule has 0 bridgehead atoms. The molecule has 6 rings (SSSR count). The number of amides is 2. The average Bonchev–Trinajstić information content (AvgIpc) is 3.03. The van der Waals surface area contributed by atoms with Crippen LogP contribution in [0.25, 0.3) is 6.08 Å². The summed E-state index contributed by atoms with van der Waals surface area (Å²) in [6.45, 7) is 5.27. The van der Waals surface area contributed by atoms with Crippen LogP contribution in [0.1, 0.15) is 27.0 Å². The first-order valence-corrected chi connectivity index (χ1v) is 14.1. The van der Waals surface area contributed by atoms with Crippen molar-refractivity contribution in [3.63, 3.8) is 0 Å². The number of hydrogen-bond donors (Lipinski definition) is 0. The molecule has 0 radical (unpaired) electrons. The van der Waals surface area contributed by atoms with Crippen LogP contribution in [0.5, 0.6) is 11.5 Å². The first-order valence-electron chi connectivity index (χ1n) is 14.1. The number of methoxy groups -OCH3 is 1. The number of ether oxygens (including phenoxy) is 2. The van der Waals surface area contributed by atoms with Crippen LogP contribution in [-0.2, 0) is 11.3 Å². The molecule has 1 saturated heterocycles. The number of piperazine rings is 1. The molecule has 42 heavy (non-hydrogen) atoms. The fourth-order valence-electron chi connectivity index (χ4n) is 5.44. The number of benzene rings is 4. The van der Waals surface area contributed by atoms with E-state index in [0.29, 0.717) is 30.9 Å². The van der Waals surface area contributed by atoms with Crippen LogP contribution in [0.2, 0.25) is 0 Å². The van der Waals surface area contributed by atoms with Crippen LogP contribution in [0.3, 0.4) is 0 Å². The molecule has 0 aliphatic carbocycles. The number of carbonyl (C=O) groups excluding carboxylic acids is 2. The minimum absolute atomic E-state index is 0.00254. The van der Waals surface area contributed by atoms with Crippen molar-refractivity contribution in [1.82, 2.24) is 4.90 Å². The van der Waals surface area contributed by atoms with Crippen LogP contribution in [-0.4, -0.2) is 50.0 Å². The van der Waals surface area contributed by atoms with Crippen LogP contribution >= 0.6 is 0 Å². The van der Waals surface area contributed by atoms with E-state index in [4.69, 9.17) is 9.47 Å². The molecule has 2 heterocycles. The number of fused-ring (bicyclic) bond motifs is 1. The lowest BCUT2D eigenvalue weighted by Gasteiger charge is -2.36. The summed E-state index contributed by atoms with van der Waals surface area (Å²) in [6, 6.07) is 31.1. The topological polar surface area (TPSA) is 62.3 Å². The molecule has 0 spiro atoms. The van der Waals surface area contributed by atoms with Gasteiger partial charge in [0.2, 0.25) is 0 Å². The molecule has 4 aromatic carbocycles. The zero-order valence-electron chi connectivity index (χ0n) is 23.8. The summed E-state index contributed by atoms with van der Waals surface area (Å²) < 4.78 is 11.4. The Hall–Kier alpha value is -5.04. The number of rotatable bonds is 6. The van der Waals surface area contributed by atoms with Gasteiger partial charge in [-0.25, -0.2) is 0 Å². The molecule has 0 saturated carbocycles. The van der Waals surface area contributed by atoms with Gasteiger partial charge < -0.3 is 19.3 Å². The molecular formula is C35H33N3O4. The van der Waals surface area contributed by atoms with Crippen LogP contribution in [0, 0.1) is 6.92 Å². The maximum atomic E-state index is 13.6. The molecule has 2 amide bonds. The molecule has 2 aliphatic rings. The first-order chi connectivity index (χ1) is 20.5. The maximum Gasteiger partial charge on any atom is 0.294 e. The van der Waals surface area contributed by atoms with Gasteiger partial charge in [0.15, 0.2) is 11.5 Å². The summed E-state index contributed by atoms with van der Waals surface area (Å²) in [5.41, 5.74) is 5.44. The van der Waals surface area contributed by atoms with E-state index in [1.165, 1.54) is 0 Å². The smallest absolute Gasteiger partial charge is 0.294 e. The molecule has 212 valence electrons. The van der Waals surface area contributed by atoms with E-state index in [0.717, 1.165) is 46.9 Å². The predicted octanol–water partition coefficient (Wildman–Crippen LogP) is 5.93. The van der Waals surface area contributed by atoms with E-state index >= 15 is 0 Å². The summed E-state index contributed by atoms with van der Waals surface area (Å²) in [7, 11) is 1.66. The second-order valence-corrected chi connectivity index (χ2v) is 10.6. The number of para-hydroxylation sites is 2. The number of nitrogens with zero attached hydrogens (tertiary/aromatic N) is 3. The monoisotopic (exact) mass is 559 g/mol. The predicted molar refractivity (Wildman–Crippen MR) is 165 cm³/mol. The second kappa shape index (κ2) is 11.8. The van der Waals surface area contributed by atoms with Gasteiger partial charge in [-0.2, -0.15) is 0 Å². The highest BCUT2D eigenvalue weighted by atomic mass is 16.5. The molecule has 0 atom stereocenters. The zero-order valence-corrected chi connectivity index (χ0v) is 23.8. The van der Waals surface area contributed by atoms with Gasteiger partial charge in [0.1, 0.15) is 5.75 Å². The highest BCUT2D eigenvalue weighted by Gasteiger charge is 2.30. The molecule has 2 aliphatic heterocycles. The van der Waals surface area contributed by atoms with Crippen molar-refractivity contribution in [2.75, 3.05) is 43.1 Å². The van der Waals surface area contributed by atoms with E-state index in [2.05, 4.69) is 17.0 Å². The molecule has 0 N–H and O–H groups in total. The van der Waals surface area contributed by atoms with E-state index in [9.17, 15) is 9.59 Å². The molecule has 0 unspecified atom stereocenters. The van der Waals surface area contributed by atoms with Gasteiger partial charge >= 0.3 is 0 Å². The van der Waals surface area contributed by atoms with Gasteiger partial charge in [0.05, 0.1) is 19.3 Å². The lowest BCUT2D eigenvalue weighted by atomic mass is 10.1. The zero-order chi connectivity index (χ0) is 29.1. The van der Waals surface area contributed by atoms with Crippen LogP contribution in [0.4, 0.5) is 11.4 Å². The van der Waals surface area contributed by atoms with Crippen molar-refractivity contribution in [2.24, 2.45) is 0 Å². The van der Waals surface area contributed by atoms with Gasteiger partial charge in [0, 0.05) is 43.5 Å². The quantitative estimate of drug-likeness (QED) is 0.274. The number of carbonyl (C=O) groups is 2. The minimum atomic E-state index is -0.204. The molecule has 7 heteroatoms. The van der Waals surface area contributed by atoms with Gasteiger partial charge in [-0.3, -0.25) is 14.5 Å². The standard InChI is InChI=1S/C35H33N3O4/c1-25-7-5-8-27(21-25)24-38-31-11-3-4-12-32(31)42-33(35(38)40)22-26-13-15-28(16-14-26)34(39)37-19-17-36(18-20-37)29-9-6-10-30(23-29)41-2/h3-16,21-23H,17-20,24H2,1-2H3/b33-22+. The SMILES string of the molecule is COc1cccc(N2CCN(C(=O)c3ccc(/C=C4/Oc5ccccc5N(Cc5cccc(C)c5)C4=O)cc3)CC2)c1. The van der Waals surface area contributed by atoms with Gasteiger partial charge in [-0.05, 0) is 60.5 Å². The Bertz CT molecular complexity index is 1640. The van der Waals surface area contributed by atoms with Crippen molar-refractivity contribution in [2.45, 2.75) is 13.5 Å². The van der Waals surface area contributed by atoms with Crippen molar-refractivity contribution < 1.29 is 19.1 Å². The number of anilines is 2. The normalized spacial score (nSPS) is 15.8. The first kappa shape index (κ1) is 27.1. The van der Waals surface area contributed by atoms with Crippen molar-refractivity contribution >= 4 is 29.3 Å². The van der Waals surface area contributed by atoms with Gasteiger partial charge in [0.25, 0.3) is 11.8 Å². The molecule has 4 aromatic rings. The fraction of sp³-hybridized carbons (Fsp3) is 0.200. The molecular weight excluding hydrogens is 526 g/mol. The van der Waals surface area contributed by atoms with E-state index in [-0.39, 0.29) is 17.6 Å². The Morgan fingerprint density at radius 2 is 1.64 bits per heavy atom. The Morgan fingerprint density at radius 3 is 2.40 bits per heavy atom. The van der Waals surface area contributed by atoms with Crippen LogP contribution in [0.15, 0.2) is 103 Å². The summed E-state index contributed by atoms with van der Waals surface area (Å²) >= 11 is 0. The largest absolute Gasteiger partial charge is 0.497 e. The number of hydrogen-bond acceptors (Lipinski definition) is 5. The third kappa shape index (κ3) is 5.72. The highest BCUT2D eigenvalue weighted by Crippen LogP contribution is 2.36.